The zero-order valence-electron chi connectivity index (χ0n) is 19.7. The summed E-state index contributed by atoms with van der Waals surface area (Å²) < 4.78 is 0. The third kappa shape index (κ3) is 4.79. The molecule has 3 N–H and O–H groups in total. The second-order valence-electron chi connectivity index (χ2n) is 8.27. The third-order valence-electron chi connectivity index (χ3n) is 6.30. The summed E-state index contributed by atoms with van der Waals surface area (Å²) in [4.78, 5) is 31.1. The normalized spacial score (nSPS) is 13.9. The van der Waals surface area contributed by atoms with Crippen molar-refractivity contribution in [1.82, 2.24) is 15.2 Å². The summed E-state index contributed by atoms with van der Waals surface area (Å²) >= 11 is 6.07. The van der Waals surface area contributed by atoms with Crippen molar-refractivity contribution in [3.8, 4) is 11.1 Å². The molecule has 1 aliphatic rings. The van der Waals surface area contributed by atoms with E-state index in [4.69, 9.17) is 11.6 Å². The average molecular weight is 477 g/mol. The molecule has 0 spiro atoms. The number of anilines is 1. The van der Waals surface area contributed by atoms with Gasteiger partial charge >= 0.3 is 0 Å². The number of carbonyl (C=O) groups is 2. The number of amides is 2. The fraction of sp³-hybridized carbons (Fsp3) is 0.259. The first-order valence-corrected chi connectivity index (χ1v) is 11.9. The molecule has 0 fully saturated rings. The maximum atomic E-state index is 12.9. The lowest BCUT2D eigenvalue weighted by atomic mass is 9.94. The zero-order chi connectivity index (χ0) is 24.2. The molecule has 0 radical (unpaired) electrons. The predicted molar refractivity (Wildman–Crippen MR) is 139 cm³/mol. The van der Waals surface area contributed by atoms with Crippen LogP contribution in [-0.2, 0) is 4.79 Å². The van der Waals surface area contributed by atoms with Crippen LogP contribution in [0.1, 0.15) is 41.0 Å². The van der Waals surface area contributed by atoms with Gasteiger partial charge in [0.1, 0.15) is 0 Å². The lowest BCUT2D eigenvalue weighted by Gasteiger charge is -2.17. The maximum Gasteiger partial charge on any atom is 0.256 e. The minimum Gasteiger partial charge on any atom is -0.361 e. The molecule has 176 valence electrons. The minimum absolute atomic E-state index is 0.122. The van der Waals surface area contributed by atoms with Crippen molar-refractivity contribution in [2.75, 3.05) is 31.5 Å². The van der Waals surface area contributed by atoms with E-state index in [-0.39, 0.29) is 11.8 Å². The van der Waals surface area contributed by atoms with Gasteiger partial charge in [-0.05, 0) is 61.0 Å². The molecule has 2 aromatic carbocycles. The van der Waals surface area contributed by atoms with E-state index in [0.29, 0.717) is 22.7 Å². The van der Waals surface area contributed by atoms with E-state index in [1.165, 1.54) is 0 Å². The molecule has 0 saturated carbocycles. The summed E-state index contributed by atoms with van der Waals surface area (Å²) in [7, 11) is 0. The van der Waals surface area contributed by atoms with Gasteiger partial charge in [0.2, 0.25) is 0 Å². The van der Waals surface area contributed by atoms with Crippen LogP contribution in [0.15, 0.2) is 48.7 Å². The van der Waals surface area contributed by atoms with Crippen LogP contribution in [0.3, 0.4) is 0 Å². The Bertz CT molecular complexity index is 1240. The lowest BCUT2D eigenvalue weighted by Crippen LogP contribution is -2.34. The summed E-state index contributed by atoms with van der Waals surface area (Å²) in [6.45, 7) is 9.41. The highest BCUT2D eigenvalue weighted by Gasteiger charge is 2.28. The standard InChI is InChI=1S/C27H29ClN4O2/c1-4-32(5-2)14-13-29-26(33)22-16-30-24(17(22)3)15-21-25-20(18-9-11-19(28)12-10-18)7-6-8-23(25)31-27(21)34/h6-12,15-16,30H,4-5,13-14H2,1-3H3,(H,29,33)(H,31,34). The molecule has 0 saturated heterocycles. The van der Waals surface area contributed by atoms with E-state index in [2.05, 4.69) is 34.4 Å². The van der Waals surface area contributed by atoms with Crippen LogP contribution in [-0.4, -0.2) is 47.9 Å². The van der Waals surface area contributed by atoms with Gasteiger partial charge in [-0.3, -0.25) is 9.59 Å². The fourth-order valence-corrected chi connectivity index (χ4v) is 4.39. The molecule has 0 atom stereocenters. The van der Waals surface area contributed by atoms with Gasteiger partial charge in [-0.25, -0.2) is 0 Å². The number of aromatic amines is 1. The van der Waals surface area contributed by atoms with Gasteiger partial charge in [0.05, 0.1) is 11.1 Å². The van der Waals surface area contributed by atoms with Gasteiger partial charge in [0.25, 0.3) is 11.8 Å². The first kappa shape index (κ1) is 23.8. The van der Waals surface area contributed by atoms with Crippen LogP contribution in [0, 0.1) is 6.92 Å². The number of rotatable bonds is 8. The largest absolute Gasteiger partial charge is 0.361 e. The topological polar surface area (TPSA) is 77.2 Å². The van der Waals surface area contributed by atoms with Crippen LogP contribution in [0.25, 0.3) is 22.8 Å². The quantitative estimate of drug-likeness (QED) is 0.391. The Kier molecular flexibility index (Phi) is 7.20. The Labute approximate surface area is 205 Å². The van der Waals surface area contributed by atoms with Crippen molar-refractivity contribution >= 4 is 40.8 Å². The molecule has 3 aromatic rings. The number of carbonyl (C=O) groups excluding carboxylic acids is 2. The van der Waals surface area contributed by atoms with Crippen molar-refractivity contribution in [2.45, 2.75) is 20.8 Å². The Morgan fingerprint density at radius 2 is 1.85 bits per heavy atom. The molecule has 7 heteroatoms. The Morgan fingerprint density at radius 3 is 2.56 bits per heavy atom. The van der Waals surface area contributed by atoms with Gasteiger partial charge in [-0.15, -0.1) is 0 Å². The summed E-state index contributed by atoms with van der Waals surface area (Å²) in [6, 6.07) is 13.4. The molecule has 1 aromatic heterocycles. The van der Waals surface area contributed by atoms with Gasteiger partial charge in [-0.2, -0.15) is 0 Å². The van der Waals surface area contributed by atoms with Crippen molar-refractivity contribution in [1.29, 1.82) is 0 Å². The van der Waals surface area contributed by atoms with Crippen LogP contribution in [0.2, 0.25) is 5.02 Å². The lowest BCUT2D eigenvalue weighted by molar-refractivity contribution is -0.110. The zero-order valence-corrected chi connectivity index (χ0v) is 20.4. The van der Waals surface area contributed by atoms with E-state index in [1.807, 2.05) is 55.5 Å². The van der Waals surface area contributed by atoms with Crippen LogP contribution in [0.4, 0.5) is 5.69 Å². The number of nitrogens with zero attached hydrogens (tertiary/aromatic N) is 1. The number of nitrogens with one attached hydrogen (secondary N) is 3. The molecule has 1 aliphatic heterocycles. The number of hydrogen-bond donors (Lipinski definition) is 3. The van der Waals surface area contributed by atoms with Crippen LogP contribution in [0.5, 0.6) is 0 Å². The average Bonchev–Trinajstić information content (AvgIpc) is 3.36. The predicted octanol–water partition coefficient (Wildman–Crippen LogP) is 5.21. The van der Waals surface area contributed by atoms with Gasteiger partial charge in [-0.1, -0.05) is 49.7 Å². The highest BCUT2D eigenvalue weighted by atomic mass is 35.5. The van der Waals surface area contributed by atoms with Gasteiger partial charge in [0, 0.05) is 41.3 Å². The number of H-pyrrole nitrogens is 1. The maximum absolute atomic E-state index is 12.9. The van der Waals surface area contributed by atoms with E-state index in [1.54, 1.807) is 6.20 Å². The summed E-state index contributed by atoms with van der Waals surface area (Å²) in [5.74, 6) is -0.292. The second kappa shape index (κ2) is 10.3. The Hall–Kier alpha value is -3.35. The van der Waals surface area contributed by atoms with Gasteiger partial charge in [0.15, 0.2) is 0 Å². The number of hydrogen-bond acceptors (Lipinski definition) is 3. The second-order valence-corrected chi connectivity index (χ2v) is 8.71. The molecular formula is C27H29ClN4O2. The van der Waals surface area contributed by atoms with Crippen molar-refractivity contribution in [3.63, 3.8) is 0 Å². The van der Waals surface area contributed by atoms with E-state index >= 15 is 0 Å². The highest BCUT2D eigenvalue weighted by Crippen LogP contribution is 2.40. The molecule has 6 nitrogen and oxygen atoms in total. The number of benzene rings is 2. The molecule has 4 rings (SSSR count). The molecular weight excluding hydrogens is 448 g/mol. The van der Waals surface area contributed by atoms with Crippen molar-refractivity contribution in [2.24, 2.45) is 0 Å². The van der Waals surface area contributed by atoms with Crippen molar-refractivity contribution < 1.29 is 9.59 Å². The number of likely N-dealkylation sites (N-methyl/N-ethyl adjacent to an activating group) is 1. The van der Waals surface area contributed by atoms with Crippen LogP contribution >= 0.6 is 11.6 Å². The Balaban J connectivity index is 1.62. The first-order valence-electron chi connectivity index (χ1n) is 11.5. The Morgan fingerprint density at radius 1 is 1.12 bits per heavy atom. The van der Waals surface area contributed by atoms with E-state index in [0.717, 1.165) is 53.3 Å². The smallest absolute Gasteiger partial charge is 0.256 e. The molecule has 2 heterocycles. The summed E-state index contributed by atoms with van der Waals surface area (Å²) in [6.07, 6.45) is 3.52. The van der Waals surface area contributed by atoms with Crippen LogP contribution < -0.4 is 10.6 Å². The van der Waals surface area contributed by atoms with Gasteiger partial charge < -0.3 is 20.5 Å². The summed E-state index contributed by atoms with van der Waals surface area (Å²) in [5.41, 5.74) is 6.19. The number of halogens is 1. The molecule has 0 unspecified atom stereocenters. The molecule has 2 amide bonds. The fourth-order valence-electron chi connectivity index (χ4n) is 4.26. The van der Waals surface area contributed by atoms with E-state index in [9.17, 15) is 9.59 Å². The third-order valence-corrected chi connectivity index (χ3v) is 6.56. The molecule has 0 bridgehead atoms. The monoisotopic (exact) mass is 476 g/mol. The SMILES string of the molecule is CCN(CC)CCNC(=O)c1c[nH]c(C=C2C(=O)Nc3cccc(-c4ccc(Cl)cc4)c32)c1C. The molecule has 0 aliphatic carbocycles. The number of fused-ring (bicyclic) bond motifs is 1. The minimum atomic E-state index is -0.171. The summed E-state index contributed by atoms with van der Waals surface area (Å²) in [5, 5.41) is 6.61. The highest BCUT2D eigenvalue weighted by molar-refractivity contribution is 6.36. The number of aromatic nitrogens is 1. The van der Waals surface area contributed by atoms with Crippen molar-refractivity contribution in [3.05, 3.63) is 76.1 Å². The van der Waals surface area contributed by atoms with E-state index < -0.39 is 0 Å². The first-order chi connectivity index (χ1) is 16.4. The molecule has 34 heavy (non-hydrogen) atoms.